The van der Waals surface area contributed by atoms with Gasteiger partial charge in [-0.1, -0.05) is 6.07 Å². The van der Waals surface area contributed by atoms with Crippen LogP contribution < -0.4 is 20.1 Å². The maximum atomic E-state index is 5.65. The second-order valence-electron chi connectivity index (χ2n) is 6.18. The van der Waals surface area contributed by atoms with E-state index in [0.29, 0.717) is 13.3 Å². The summed E-state index contributed by atoms with van der Waals surface area (Å²) in [5.41, 5.74) is 1.10. The predicted molar refractivity (Wildman–Crippen MR) is 109 cm³/mol. The van der Waals surface area contributed by atoms with Gasteiger partial charge in [0.1, 0.15) is 0 Å². The zero-order valence-electron chi connectivity index (χ0n) is 14.8. The Kier molecular flexibility index (Phi) is 8.60. The van der Waals surface area contributed by atoms with Gasteiger partial charge in [0, 0.05) is 26.3 Å². The minimum atomic E-state index is 0. The molecule has 0 aromatic heterocycles. The molecule has 0 unspecified atom stereocenters. The highest BCUT2D eigenvalue weighted by molar-refractivity contribution is 14.0. The number of ether oxygens (including phenoxy) is 3. The lowest BCUT2D eigenvalue weighted by Crippen LogP contribution is -2.38. The van der Waals surface area contributed by atoms with Crippen LogP contribution in [0.3, 0.4) is 0 Å². The summed E-state index contributed by atoms with van der Waals surface area (Å²) in [5, 5.41) is 6.62. The SMILES string of the molecule is CCNC(=NCc1ccc2c(c1)OCO2)NCCCOCC1CC1.I. The van der Waals surface area contributed by atoms with Crippen LogP contribution in [0.1, 0.15) is 31.7 Å². The van der Waals surface area contributed by atoms with E-state index in [1.807, 2.05) is 18.2 Å². The molecule has 0 bridgehead atoms. The van der Waals surface area contributed by atoms with E-state index < -0.39 is 0 Å². The first-order valence-corrected chi connectivity index (χ1v) is 8.83. The van der Waals surface area contributed by atoms with Crippen molar-refractivity contribution in [3.8, 4) is 11.5 Å². The molecule has 2 aliphatic rings. The Bertz CT molecular complexity index is 564. The van der Waals surface area contributed by atoms with Crippen LogP contribution in [0.2, 0.25) is 0 Å². The summed E-state index contributed by atoms with van der Waals surface area (Å²) in [7, 11) is 0. The van der Waals surface area contributed by atoms with Gasteiger partial charge in [0.05, 0.1) is 6.54 Å². The Balaban J connectivity index is 0.00000225. The molecule has 1 aromatic rings. The fourth-order valence-corrected chi connectivity index (χ4v) is 2.47. The molecule has 0 atom stereocenters. The van der Waals surface area contributed by atoms with E-state index in [2.05, 4.69) is 22.5 Å². The maximum absolute atomic E-state index is 5.65. The Morgan fingerprint density at radius 2 is 2.08 bits per heavy atom. The Morgan fingerprint density at radius 3 is 2.88 bits per heavy atom. The van der Waals surface area contributed by atoms with E-state index >= 15 is 0 Å². The molecular weight excluding hydrogens is 433 g/mol. The van der Waals surface area contributed by atoms with Crippen LogP contribution in [-0.2, 0) is 11.3 Å². The summed E-state index contributed by atoms with van der Waals surface area (Å²) in [6.45, 7) is 6.40. The van der Waals surface area contributed by atoms with Crippen LogP contribution in [0.4, 0.5) is 0 Å². The largest absolute Gasteiger partial charge is 0.454 e. The van der Waals surface area contributed by atoms with Gasteiger partial charge in [0.2, 0.25) is 6.79 Å². The maximum Gasteiger partial charge on any atom is 0.231 e. The Labute approximate surface area is 166 Å². The summed E-state index contributed by atoms with van der Waals surface area (Å²) < 4.78 is 16.4. The Morgan fingerprint density at radius 1 is 1.24 bits per heavy atom. The summed E-state index contributed by atoms with van der Waals surface area (Å²) in [4.78, 5) is 4.62. The van der Waals surface area contributed by atoms with Crippen LogP contribution in [0, 0.1) is 5.92 Å². The minimum absolute atomic E-state index is 0. The fraction of sp³-hybridized carbons (Fsp3) is 0.611. The van der Waals surface area contributed by atoms with Crippen molar-refractivity contribution in [2.45, 2.75) is 32.7 Å². The van der Waals surface area contributed by atoms with Crippen molar-refractivity contribution in [1.82, 2.24) is 10.6 Å². The van der Waals surface area contributed by atoms with E-state index in [1.54, 1.807) is 0 Å². The van der Waals surface area contributed by atoms with Crippen LogP contribution in [0.15, 0.2) is 23.2 Å². The number of nitrogens with one attached hydrogen (secondary N) is 2. The summed E-state index contributed by atoms with van der Waals surface area (Å²) >= 11 is 0. The van der Waals surface area contributed by atoms with Crippen molar-refractivity contribution in [2.24, 2.45) is 10.9 Å². The highest BCUT2D eigenvalue weighted by Gasteiger charge is 2.20. The number of halogens is 1. The molecule has 1 heterocycles. The minimum Gasteiger partial charge on any atom is -0.454 e. The lowest BCUT2D eigenvalue weighted by atomic mass is 10.2. The molecule has 1 saturated carbocycles. The molecule has 25 heavy (non-hydrogen) atoms. The normalized spacial score (nSPS) is 15.6. The van der Waals surface area contributed by atoms with Crippen molar-refractivity contribution >= 4 is 29.9 Å². The molecule has 6 nitrogen and oxygen atoms in total. The van der Waals surface area contributed by atoms with E-state index in [-0.39, 0.29) is 24.0 Å². The van der Waals surface area contributed by atoms with Gasteiger partial charge in [0.25, 0.3) is 0 Å². The standard InChI is InChI=1S/C18H27N3O3.HI/c1-2-19-18(20-8-3-9-22-12-14-4-5-14)21-11-15-6-7-16-17(10-15)24-13-23-16;/h6-7,10,14H,2-5,8-9,11-13H2,1H3,(H2,19,20,21);1H. The highest BCUT2D eigenvalue weighted by Crippen LogP contribution is 2.32. The molecule has 7 heteroatoms. The average Bonchev–Trinajstić information content (AvgIpc) is 3.30. The van der Waals surface area contributed by atoms with E-state index in [1.165, 1.54) is 12.8 Å². The van der Waals surface area contributed by atoms with Crippen molar-refractivity contribution in [3.63, 3.8) is 0 Å². The van der Waals surface area contributed by atoms with Crippen molar-refractivity contribution in [3.05, 3.63) is 23.8 Å². The number of hydrogen-bond donors (Lipinski definition) is 2. The summed E-state index contributed by atoms with van der Waals surface area (Å²) in [5.74, 6) is 3.27. The molecule has 0 saturated heterocycles. The second-order valence-corrected chi connectivity index (χ2v) is 6.18. The monoisotopic (exact) mass is 461 g/mol. The van der Waals surface area contributed by atoms with Gasteiger partial charge in [-0.2, -0.15) is 0 Å². The zero-order valence-corrected chi connectivity index (χ0v) is 17.1. The van der Waals surface area contributed by atoms with Crippen molar-refractivity contribution in [2.75, 3.05) is 33.1 Å². The van der Waals surface area contributed by atoms with E-state index in [4.69, 9.17) is 14.2 Å². The second kappa shape index (κ2) is 10.7. The third-order valence-electron chi connectivity index (χ3n) is 4.01. The summed E-state index contributed by atoms with van der Waals surface area (Å²) in [6.07, 6.45) is 3.67. The van der Waals surface area contributed by atoms with Crippen LogP contribution in [-0.4, -0.2) is 39.1 Å². The third kappa shape index (κ3) is 6.89. The van der Waals surface area contributed by atoms with E-state index in [9.17, 15) is 0 Å². The molecule has 140 valence electrons. The van der Waals surface area contributed by atoms with E-state index in [0.717, 1.165) is 61.7 Å². The Hall–Kier alpha value is -1.22. The van der Waals surface area contributed by atoms with Crippen molar-refractivity contribution in [1.29, 1.82) is 0 Å². The molecule has 1 aromatic carbocycles. The first-order chi connectivity index (χ1) is 11.8. The molecule has 2 N–H and O–H groups in total. The molecule has 0 spiro atoms. The fourth-order valence-electron chi connectivity index (χ4n) is 2.47. The smallest absolute Gasteiger partial charge is 0.231 e. The molecular formula is C18H28IN3O3. The number of rotatable bonds is 9. The van der Waals surface area contributed by atoms with Crippen molar-refractivity contribution < 1.29 is 14.2 Å². The van der Waals surface area contributed by atoms with Gasteiger partial charge in [-0.05, 0) is 49.8 Å². The van der Waals surface area contributed by atoms with Crippen LogP contribution >= 0.6 is 24.0 Å². The van der Waals surface area contributed by atoms with Crippen LogP contribution in [0.25, 0.3) is 0 Å². The first-order valence-electron chi connectivity index (χ1n) is 8.83. The number of benzene rings is 1. The number of hydrogen-bond acceptors (Lipinski definition) is 4. The predicted octanol–water partition coefficient (Wildman–Crippen LogP) is 2.91. The van der Waals surface area contributed by atoms with Crippen LogP contribution in [0.5, 0.6) is 11.5 Å². The van der Waals surface area contributed by atoms with Gasteiger partial charge in [-0.25, -0.2) is 4.99 Å². The van der Waals surface area contributed by atoms with Gasteiger partial charge in [-0.15, -0.1) is 24.0 Å². The quantitative estimate of drug-likeness (QED) is 0.256. The topological polar surface area (TPSA) is 64.1 Å². The lowest BCUT2D eigenvalue weighted by molar-refractivity contribution is 0.123. The lowest BCUT2D eigenvalue weighted by Gasteiger charge is -2.11. The zero-order chi connectivity index (χ0) is 16.6. The number of fused-ring (bicyclic) bond motifs is 1. The molecule has 0 amide bonds. The molecule has 1 aliphatic carbocycles. The average molecular weight is 461 g/mol. The molecule has 1 fully saturated rings. The highest BCUT2D eigenvalue weighted by atomic mass is 127. The first kappa shape index (κ1) is 20.1. The molecule has 1 aliphatic heterocycles. The molecule has 3 rings (SSSR count). The summed E-state index contributed by atoms with van der Waals surface area (Å²) in [6, 6.07) is 5.94. The van der Waals surface area contributed by atoms with Gasteiger partial charge >= 0.3 is 0 Å². The third-order valence-corrected chi connectivity index (χ3v) is 4.01. The number of nitrogens with zero attached hydrogens (tertiary/aromatic N) is 1. The van der Waals surface area contributed by atoms with Gasteiger partial charge in [0.15, 0.2) is 17.5 Å². The molecule has 0 radical (unpaired) electrons. The van der Waals surface area contributed by atoms with Gasteiger partial charge in [-0.3, -0.25) is 0 Å². The van der Waals surface area contributed by atoms with Gasteiger partial charge < -0.3 is 24.8 Å². The number of guanidine groups is 1. The number of aliphatic imine (C=N–C) groups is 1.